The normalized spacial score (nSPS) is 15.9. The molecule has 1 atom stereocenters. The summed E-state index contributed by atoms with van der Waals surface area (Å²) in [6.45, 7) is 2.07. The maximum atomic E-state index is 12.8. The van der Waals surface area contributed by atoms with Crippen LogP contribution in [-0.2, 0) is 11.2 Å². The van der Waals surface area contributed by atoms with Crippen molar-refractivity contribution in [2.24, 2.45) is 0 Å². The molecule has 1 aromatic heterocycles. The summed E-state index contributed by atoms with van der Waals surface area (Å²) in [5, 5.41) is 13.0. The second-order valence-corrected chi connectivity index (χ2v) is 7.46. The Hall–Kier alpha value is -2.38. The zero-order valence-electron chi connectivity index (χ0n) is 14.0. The second-order valence-electron chi connectivity index (χ2n) is 6.08. The Morgan fingerprint density at radius 3 is 2.81 bits per heavy atom. The lowest BCUT2D eigenvalue weighted by Gasteiger charge is -2.22. The van der Waals surface area contributed by atoms with E-state index in [9.17, 15) is 4.79 Å². The topological polar surface area (TPSA) is 63.9 Å². The van der Waals surface area contributed by atoms with Crippen molar-refractivity contribution >= 4 is 35.0 Å². The Labute approximate surface area is 160 Å². The van der Waals surface area contributed by atoms with Crippen molar-refractivity contribution in [1.82, 2.24) is 20.2 Å². The molecule has 0 aliphatic carbocycles. The fraction of sp³-hybridized carbons (Fsp3) is 0.222. The fourth-order valence-electron chi connectivity index (χ4n) is 3.15. The molecule has 2 heterocycles. The number of para-hydroxylation sites is 1. The molecule has 0 fully saturated rings. The van der Waals surface area contributed by atoms with Crippen LogP contribution in [0.1, 0.15) is 12.5 Å². The maximum Gasteiger partial charge on any atom is 0.237 e. The van der Waals surface area contributed by atoms with Gasteiger partial charge in [0.05, 0.1) is 11.4 Å². The lowest BCUT2D eigenvalue weighted by molar-refractivity contribution is -0.116. The quantitative estimate of drug-likeness (QED) is 0.644. The van der Waals surface area contributed by atoms with Gasteiger partial charge in [0.25, 0.3) is 0 Å². The molecular formula is C18H16ClN5OS. The molecule has 0 saturated carbocycles. The minimum absolute atomic E-state index is 0.0538. The van der Waals surface area contributed by atoms with Gasteiger partial charge >= 0.3 is 0 Å². The van der Waals surface area contributed by atoms with Crippen LogP contribution in [0.3, 0.4) is 0 Å². The number of anilines is 1. The first-order chi connectivity index (χ1) is 12.6. The van der Waals surface area contributed by atoms with Gasteiger partial charge in [0.2, 0.25) is 11.1 Å². The number of aromatic nitrogens is 4. The van der Waals surface area contributed by atoms with Gasteiger partial charge in [-0.3, -0.25) is 4.79 Å². The smallest absolute Gasteiger partial charge is 0.237 e. The van der Waals surface area contributed by atoms with E-state index in [4.69, 9.17) is 11.6 Å². The molecule has 4 rings (SSSR count). The highest BCUT2D eigenvalue weighted by molar-refractivity contribution is 7.99. The number of hydrogen-bond acceptors (Lipinski definition) is 5. The predicted octanol–water partition coefficient (Wildman–Crippen LogP) is 3.39. The molecule has 0 unspecified atom stereocenters. The van der Waals surface area contributed by atoms with Crippen LogP contribution in [0, 0.1) is 0 Å². The highest BCUT2D eigenvalue weighted by atomic mass is 35.5. The highest BCUT2D eigenvalue weighted by Crippen LogP contribution is 2.32. The summed E-state index contributed by atoms with van der Waals surface area (Å²) < 4.78 is 1.61. The number of fused-ring (bicyclic) bond motifs is 1. The van der Waals surface area contributed by atoms with Crippen molar-refractivity contribution in [2.75, 3.05) is 10.7 Å². The van der Waals surface area contributed by atoms with E-state index in [-0.39, 0.29) is 17.7 Å². The van der Waals surface area contributed by atoms with Gasteiger partial charge in [-0.25, -0.2) is 0 Å². The SMILES string of the molecule is C[C@@H]1Cc2ccccc2N1C(=O)CSc1nnnn1-c1ccc(Cl)cc1. The zero-order valence-corrected chi connectivity index (χ0v) is 15.6. The van der Waals surface area contributed by atoms with Gasteiger partial charge in [-0.05, 0) is 59.7 Å². The van der Waals surface area contributed by atoms with Crippen LogP contribution in [0.5, 0.6) is 0 Å². The molecular weight excluding hydrogens is 370 g/mol. The van der Waals surface area contributed by atoms with Gasteiger partial charge < -0.3 is 4.90 Å². The third-order valence-electron chi connectivity index (χ3n) is 4.31. The minimum Gasteiger partial charge on any atom is -0.308 e. The van der Waals surface area contributed by atoms with Crippen LogP contribution >= 0.6 is 23.4 Å². The highest BCUT2D eigenvalue weighted by Gasteiger charge is 2.30. The van der Waals surface area contributed by atoms with Crippen LogP contribution in [0.25, 0.3) is 5.69 Å². The lowest BCUT2D eigenvalue weighted by Crippen LogP contribution is -2.37. The summed E-state index contributed by atoms with van der Waals surface area (Å²) in [7, 11) is 0. The van der Waals surface area contributed by atoms with Gasteiger partial charge in [-0.1, -0.05) is 41.6 Å². The number of thioether (sulfide) groups is 1. The molecule has 132 valence electrons. The van der Waals surface area contributed by atoms with Crippen LogP contribution in [0.15, 0.2) is 53.7 Å². The van der Waals surface area contributed by atoms with Gasteiger partial charge in [-0.15, -0.1) is 5.10 Å². The van der Waals surface area contributed by atoms with E-state index in [0.717, 1.165) is 17.8 Å². The molecule has 26 heavy (non-hydrogen) atoms. The molecule has 1 amide bonds. The number of nitrogens with zero attached hydrogens (tertiary/aromatic N) is 5. The molecule has 8 heteroatoms. The zero-order chi connectivity index (χ0) is 18.1. The van der Waals surface area contributed by atoms with E-state index in [1.165, 1.54) is 17.3 Å². The van der Waals surface area contributed by atoms with E-state index in [0.29, 0.717) is 10.2 Å². The van der Waals surface area contributed by atoms with Crippen molar-refractivity contribution < 1.29 is 4.79 Å². The van der Waals surface area contributed by atoms with Gasteiger partial charge in [0.1, 0.15) is 0 Å². The molecule has 1 aliphatic heterocycles. The molecule has 0 saturated heterocycles. The molecule has 1 aliphatic rings. The standard InChI is InChI=1S/C18H16ClN5OS/c1-12-10-13-4-2-3-5-16(13)23(12)17(25)11-26-18-20-21-22-24(18)15-8-6-14(19)7-9-15/h2-9,12H,10-11H2,1H3/t12-/m1/s1. The Morgan fingerprint density at radius 2 is 2.00 bits per heavy atom. The second kappa shape index (κ2) is 7.09. The number of tetrazole rings is 1. The number of benzene rings is 2. The van der Waals surface area contributed by atoms with Gasteiger partial charge in [0, 0.05) is 16.8 Å². The molecule has 0 bridgehead atoms. The third kappa shape index (κ3) is 3.20. The maximum absolute atomic E-state index is 12.8. The fourth-order valence-corrected chi connectivity index (χ4v) is 4.03. The first kappa shape index (κ1) is 17.1. The van der Waals surface area contributed by atoms with E-state index in [1.54, 1.807) is 16.8 Å². The number of carbonyl (C=O) groups excluding carboxylic acids is 1. The van der Waals surface area contributed by atoms with Gasteiger partial charge in [0.15, 0.2) is 0 Å². The van der Waals surface area contributed by atoms with Crippen LogP contribution in [0.2, 0.25) is 5.02 Å². The summed E-state index contributed by atoms with van der Waals surface area (Å²) in [5.41, 5.74) is 3.02. The summed E-state index contributed by atoms with van der Waals surface area (Å²) in [6.07, 6.45) is 0.884. The van der Waals surface area contributed by atoms with E-state index in [2.05, 4.69) is 28.5 Å². The van der Waals surface area contributed by atoms with E-state index >= 15 is 0 Å². The minimum atomic E-state index is 0.0538. The van der Waals surface area contributed by atoms with Gasteiger partial charge in [-0.2, -0.15) is 4.68 Å². The van der Waals surface area contributed by atoms with Crippen molar-refractivity contribution in [3.63, 3.8) is 0 Å². The van der Waals surface area contributed by atoms with Crippen molar-refractivity contribution in [1.29, 1.82) is 0 Å². The third-order valence-corrected chi connectivity index (χ3v) is 5.47. The molecule has 0 spiro atoms. The van der Waals surface area contributed by atoms with E-state index in [1.807, 2.05) is 35.2 Å². The summed E-state index contributed by atoms with van der Waals surface area (Å²) >= 11 is 7.25. The Balaban J connectivity index is 1.49. The molecule has 3 aromatic rings. The van der Waals surface area contributed by atoms with Crippen LogP contribution < -0.4 is 4.90 Å². The van der Waals surface area contributed by atoms with Crippen molar-refractivity contribution in [2.45, 2.75) is 24.5 Å². The predicted molar refractivity (Wildman–Crippen MR) is 102 cm³/mol. The number of rotatable bonds is 4. The molecule has 0 radical (unpaired) electrons. The van der Waals surface area contributed by atoms with E-state index < -0.39 is 0 Å². The Bertz CT molecular complexity index is 943. The summed E-state index contributed by atoms with van der Waals surface area (Å²) in [6, 6.07) is 15.4. The van der Waals surface area contributed by atoms with Crippen LogP contribution in [-0.4, -0.2) is 37.9 Å². The largest absolute Gasteiger partial charge is 0.308 e. The number of halogens is 1. The summed E-state index contributed by atoms with van der Waals surface area (Å²) in [4.78, 5) is 14.7. The number of hydrogen-bond donors (Lipinski definition) is 0. The summed E-state index contributed by atoms with van der Waals surface area (Å²) in [5.74, 6) is 0.324. The number of carbonyl (C=O) groups is 1. The molecule has 0 N–H and O–H groups in total. The average Bonchev–Trinajstić information content (AvgIpc) is 3.23. The Morgan fingerprint density at radius 1 is 1.23 bits per heavy atom. The Kier molecular flexibility index (Phi) is 4.65. The molecule has 2 aromatic carbocycles. The molecule has 6 nitrogen and oxygen atoms in total. The first-order valence-corrected chi connectivity index (χ1v) is 9.57. The average molecular weight is 386 g/mol. The monoisotopic (exact) mass is 385 g/mol. The van der Waals surface area contributed by atoms with Crippen LogP contribution in [0.4, 0.5) is 5.69 Å². The first-order valence-electron chi connectivity index (χ1n) is 8.20. The van der Waals surface area contributed by atoms with Crippen molar-refractivity contribution in [3.8, 4) is 5.69 Å². The lowest BCUT2D eigenvalue weighted by atomic mass is 10.1. The van der Waals surface area contributed by atoms with Crippen molar-refractivity contribution in [3.05, 3.63) is 59.1 Å². The number of amides is 1.